The second-order valence-corrected chi connectivity index (χ2v) is 12.2. The van der Waals surface area contributed by atoms with Gasteiger partial charge in [0.1, 0.15) is 30.2 Å². The van der Waals surface area contributed by atoms with Gasteiger partial charge in [-0.1, -0.05) is 36.4 Å². The van der Waals surface area contributed by atoms with Crippen molar-refractivity contribution in [2.75, 3.05) is 30.5 Å². The van der Waals surface area contributed by atoms with E-state index in [0.717, 1.165) is 33.5 Å². The third-order valence-electron chi connectivity index (χ3n) is 6.42. The maximum Gasteiger partial charge on any atom is 0.412 e. The first kappa shape index (κ1) is 29.9. The highest BCUT2D eigenvalue weighted by atomic mass is 19.1. The van der Waals surface area contributed by atoms with E-state index >= 15 is 0 Å². The molecule has 0 radical (unpaired) electrons. The summed E-state index contributed by atoms with van der Waals surface area (Å²) < 4.78 is 29.1. The molecule has 1 amide bonds. The van der Waals surface area contributed by atoms with Gasteiger partial charge in [-0.3, -0.25) is 10.1 Å². The predicted octanol–water partition coefficient (Wildman–Crippen LogP) is 7.47. The summed E-state index contributed by atoms with van der Waals surface area (Å²) in [5.41, 5.74) is 5.26. The van der Waals surface area contributed by atoms with Crippen LogP contribution in [0.15, 0.2) is 60.7 Å². The molecule has 1 heterocycles. The van der Waals surface area contributed by atoms with Crippen LogP contribution in [-0.2, 0) is 20.7 Å². The summed E-state index contributed by atoms with van der Waals surface area (Å²) in [4.78, 5) is 27.2. The predicted molar refractivity (Wildman–Crippen MR) is 159 cm³/mol. The van der Waals surface area contributed by atoms with Crippen molar-refractivity contribution in [1.82, 2.24) is 0 Å². The second-order valence-electron chi connectivity index (χ2n) is 12.2. The molecular weight excluding hydrogens is 523 g/mol. The van der Waals surface area contributed by atoms with Gasteiger partial charge < -0.3 is 19.1 Å². The molecule has 3 aromatic carbocycles. The Hall–Kier alpha value is -4.07. The summed E-state index contributed by atoms with van der Waals surface area (Å²) in [5.74, 6) is 0.304. The van der Waals surface area contributed by atoms with Crippen LogP contribution < -0.4 is 15.0 Å². The Morgan fingerprint density at radius 3 is 2.17 bits per heavy atom. The van der Waals surface area contributed by atoms with Crippen molar-refractivity contribution in [1.29, 1.82) is 0 Å². The van der Waals surface area contributed by atoms with Crippen LogP contribution in [0.5, 0.6) is 5.75 Å². The number of halogens is 1. The van der Waals surface area contributed by atoms with Gasteiger partial charge in [-0.15, -0.1) is 0 Å². The van der Waals surface area contributed by atoms with E-state index in [1.54, 1.807) is 0 Å². The number of esters is 1. The minimum atomic E-state index is -0.615. The number of ether oxygens (including phenoxy) is 3. The molecule has 0 saturated carbocycles. The van der Waals surface area contributed by atoms with Crippen LogP contribution in [0, 0.1) is 0 Å². The van der Waals surface area contributed by atoms with Gasteiger partial charge in [0.05, 0.1) is 12.5 Å². The second kappa shape index (κ2) is 11.8. The fourth-order valence-corrected chi connectivity index (χ4v) is 4.94. The van der Waals surface area contributed by atoms with Gasteiger partial charge in [-0.25, -0.2) is 9.18 Å². The molecular formula is C33H39FN2O5. The van der Waals surface area contributed by atoms with E-state index < -0.39 is 24.0 Å². The van der Waals surface area contributed by atoms with Crippen molar-refractivity contribution in [3.05, 3.63) is 77.4 Å². The van der Waals surface area contributed by atoms with Crippen LogP contribution >= 0.6 is 0 Å². The van der Waals surface area contributed by atoms with Gasteiger partial charge in [0.15, 0.2) is 0 Å². The number of nitrogens with zero attached hydrogens (tertiary/aromatic N) is 1. The fourth-order valence-electron chi connectivity index (χ4n) is 4.94. The Morgan fingerprint density at radius 2 is 1.54 bits per heavy atom. The lowest BCUT2D eigenvalue weighted by Crippen LogP contribution is -2.30. The van der Waals surface area contributed by atoms with Crippen molar-refractivity contribution in [3.8, 4) is 16.9 Å². The fraction of sp³-hybridized carbons (Fsp3) is 0.394. The van der Waals surface area contributed by atoms with E-state index in [2.05, 4.69) is 16.3 Å². The number of amides is 1. The van der Waals surface area contributed by atoms with Crippen molar-refractivity contribution in [2.45, 2.75) is 65.2 Å². The van der Waals surface area contributed by atoms with Crippen LogP contribution in [0.1, 0.15) is 64.3 Å². The minimum Gasteiger partial charge on any atom is -0.491 e. The monoisotopic (exact) mass is 562 g/mol. The van der Waals surface area contributed by atoms with Crippen molar-refractivity contribution in [3.63, 3.8) is 0 Å². The van der Waals surface area contributed by atoms with Crippen molar-refractivity contribution in [2.24, 2.45) is 0 Å². The maximum atomic E-state index is 12.6. The summed E-state index contributed by atoms with van der Waals surface area (Å²) in [6.45, 7) is 10.5. The molecule has 1 atom stereocenters. The molecule has 4 rings (SSSR count). The van der Waals surface area contributed by atoms with Crippen LogP contribution in [0.4, 0.5) is 20.6 Å². The standard InChI is InChI=1S/C33H39FN2O5/c1-32(2,3)40-29(37)19-21-8-14-25-26-15-11-23(35-31(38)41-33(4,5)6)20-28(26)36(7)30(27(25)18-21)22-9-12-24(13-10-22)39-17-16-34/h8-15,18,20,30H,16-17,19H2,1-7H3,(H,35,38). The first-order valence-corrected chi connectivity index (χ1v) is 13.7. The molecule has 0 bridgehead atoms. The van der Waals surface area contributed by atoms with Gasteiger partial charge in [0.25, 0.3) is 0 Å². The topological polar surface area (TPSA) is 77.1 Å². The zero-order chi connectivity index (χ0) is 29.9. The maximum absolute atomic E-state index is 12.6. The Kier molecular flexibility index (Phi) is 8.61. The minimum absolute atomic E-state index is 0.000335. The molecule has 0 spiro atoms. The number of hydrogen-bond donors (Lipinski definition) is 1. The normalized spacial score (nSPS) is 14.5. The van der Waals surface area contributed by atoms with Gasteiger partial charge in [-0.05, 0) is 88.1 Å². The van der Waals surface area contributed by atoms with E-state index in [4.69, 9.17) is 14.2 Å². The number of nitrogens with one attached hydrogen (secondary N) is 1. The summed E-state index contributed by atoms with van der Waals surface area (Å²) in [6, 6.07) is 19.2. The van der Waals surface area contributed by atoms with Crippen molar-refractivity contribution >= 4 is 23.4 Å². The van der Waals surface area contributed by atoms with Crippen LogP contribution in [-0.4, -0.2) is 43.6 Å². The molecule has 0 aliphatic carbocycles. The van der Waals surface area contributed by atoms with E-state index in [-0.39, 0.29) is 25.0 Å². The first-order valence-electron chi connectivity index (χ1n) is 13.7. The van der Waals surface area contributed by atoms with E-state index in [0.29, 0.717) is 11.4 Å². The van der Waals surface area contributed by atoms with E-state index in [9.17, 15) is 14.0 Å². The van der Waals surface area contributed by atoms with Gasteiger partial charge in [0.2, 0.25) is 0 Å². The third-order valence-corrected chi connectivity index (χ3v) is 6.42. The molecule has 1 N–H and O–H groups in total. The van der Waals surface area contributed by atoms with E-state index in [1.807, 2.05) is 103 Å². The molecule has 41 heavy (non-hydrogen) atoms. The highest BCUT2D eigenvalue weighted by molar-refractivity contribution is 5.91. The highest BCUT2D eigenvalue weighted by Gasteiger charge is 2.31. The van der Waals surface area contributed by atoms with E-state index in [1.165, 1.54) is 0 Å². The number of carbonyl (C=O) groups is 2. The van der Waals surface area contributed by atoms with Gasteiger partial charge in [0, 0.05) is 24.0 Å². The number of alkyl halides is 1. The molecule has 218 valence electrons. The number of carbonyl (C=O) groups excluding carboxylic acids is 2. The summed E-state index contributed by atoms with van der Waals surface area (Å²) in [5, 5.41) is 2.84. The number of anilines is 2. The van der Waals surface area contributed by atoms with Gasteiger partial charge in [-0.2, -0.15) is 0 Å². The molecule has 8 heteroatoms. The molecule has 3 aromatic rings. The largest absolute Gasteiger partial charge is 0.491 e. The molecule has 7 nitrogen and oxygen atoms in total. The molecule has 0 aromatic heterocycles. The zero-order valence-corrected chi connectivity index (χ0v) is 24.8. The number of rotatable bonds is 7. The molecule has 0 fully saturated rings. The number of benzene rings is 3. The number of fused-ring (bicyclic) bond motifs is 3. The third kappa shape index (κ3) is 7.57. The lowest BCUT2D eigenvalue weighted by molar-refractivity contribution is -0.153. The molecule has 1 aliphatic heterocycles. The van der Waals surface area contributed by atoms with Crippen molar-refractivity contribution < 1.29 is 28.2 Å². The Balaban J connectivity index is 1.74. The lowest BCUT2D eigenvalue weighted by atomic mass is 9.84. The molecule has 0 saturated heterocycles. The summed E-state index contributed by atoms with van der Waals surface area (Å²) in [7, 11) is 2.00. The Bertz CT molecular complexity index is 1410. The number of hydrogen-bond acceptors (Lipinski definition) is 6. The van der Waals surface area contributed by atoms with Crippen LogP contribution in [0.3, 0.4) is 0 Å². The molecule has 1 aliphatic rings. The van der Waals surface area contributed by atoms with Gasteiger partial charge >= 0.3 is 12.1 Å². The average Bonchev–Trinajstić information content (AvgIpc) is 2.86. The smallest absolute Gasteiger partial charge is 0.412 e. The lowest BCUT2D eigenvalue weighted by Gasteiger charge is -2.38. The average molecular weight is 563 g/mol. The Labute approximate surface area is 241 Å². The summed E-state index contributed by atoms with van der Waals surface area (Å²) in [6.07, 6.45) is -0.369. The molecule has 1 unspecified atom stereocenters. The SMILES string of the molecule is CN1c2cc(NC(=O)OC(C)(C)C)ccc2-c2ccc(CC(=O)OC(C)(C)C)cc2C1c1ccc(OCCF)cc1. The van der Waals surface area contributed by atoms with Crippen LogP contribution in [0.2, 0.25) is 0 Å². The van der Waals surface area contributed by atoms with Crippen LogP contribution in [0.25, 0.3) is 11.1 Å². The highest BCUT2D eigenvalue weighted by Crippen LogP contribution is 2.47. The summed E-state index contributed by atoms with van der Waals surface area (Å²) >= 11 is 0. The Morgan fingerprint density at radius 1 is 0.878 bits per heavy atom. The zero-order valence-electron chi connectivity index (χ0n) is 24.8. The quantitative estimate of drug-likeness (QED) is 0.301. The first-order chi connectivity index (χ1) is 19.2.